The third-order valence-corrected chi connectivity index (χ3v) is 5.79. The largest absolute Gasteiger partial charge is 0.480 e. The van der Waals surface area contributed by atoms with Crippen molar-refractivity contribution in [2.75, 3.05) is 6.61 Å². The fourth-order valence-corrected chi connectivity index (χ4v) is 3.82. The zero-order valence-electron chi connectivity index (χ0n) is 18.0. The van der Waals surface area contributed by atoms with Crippen molar-refractivity contribution in [3.05, 3.63) is 59.7 Å². The van der Waals surface area contributed by atoms with E-state index in [-0.39, 0.29) is 25.4 Å². The molecule has 1 aliphatic carbocycles. The molecule has 0 aliphatic heterocycles. The molecule has 7 nitrogen and oxygen atoms in total. The zero-order valence-corrected chi connectivity index (χ0v) is 18.0. The molecule has 2 aromatic rings. The van der Waals surface area contributed by atoms with Crippen LogP contribution in [0.5, 0.6) is 0 Å². The number of fused-ring (bicyclic) bond motifs is 3. The van der Waals surface area contributed by atoms with E-state index < -0.39 is 29.6 Å². The van der Waals surface area contributed by atoms with Crippen molar-refractivity contribution in [1.82, 2.24) is 10.6 Å². The lowest BCUT2D eigenvalue weighted by molar-refractivity contribution is -0.147. The van der Waals surface area contributed by atoms with Crippen LogP contribution in [0.3, 0.4) is 0 Å². The maximum atomic E-state index is 12.3. The lowest BCUT2D eigenvalue weighted by atomic mass is 9.98. The zero-order chi connectivity index (χ0) is 22.6. The molecule has 0 aromatic heterocycles. The summed E-state index contributed by atoms with van der Waals surface area (Å²) in [5.41, 5.74) is 3.21. The van der Waals surface area contributed by atoms with E-state index in [1.165, 1.54) is 6.92 Å². The minimum atomic E-state index is -1.33. The highest BCUT2D eigenvalue weighted by atomic mass is 16.5. The normalized spacial score (nSPS) is 15.2. The summed E-state index contributed by atoms with van der Waals surface area (Å²) in [6.45, 7) is 5.00. The number of ether oxygens (including phenoxy) is 1. The molecule has 3 rings (SSSR count). The van der Waals surface area contributed by atoms with Crippen molar-refractivity contribution >= 4 is 18.0 Å². The Labute approximate surface area is 181 Å². The van der Waals surface area contributed by atoms with E-state index in [1.807, 2.05) is 36.4 Å². The van der Waals surface area contributed by atoms with E-state index in [1.54, 1.807) is 13.8 Å². The van der Waals surface area contributed by atoms with Crippen LogP contribution in [0.2, 0.25) is 0 Å². The molecule has 2 amide bonds. The monoisotopic (exact) mass is 424 g/mol. The molecule has 0 bridgehead atoms. The molecule has 2 atom stereocenters. The number of rotatable bonds is 8. The van der Waals surface area contributed by atoms with E-state index in [0.717, 1.165) is 22.3 Å². The average molecular weight is 424 g/mol. The van der Waals surface area contributed by atoms with Gasteiger partial charge < -0.3 is 20.5 Å². The van der Waals surface area contributed by atoms with Gasteiger partial charge in [0.05, 0.1) is 0 Å². The molecule has 1 aliphatic rings. The summed E-state index contributed by atoms with van der Waals surface area (Å²) >= 11 is 0. The standard InChI is InChI=1S/C24H28N2O5/c1-4-24(3,22(28)29)26-21(27)13-15(2)25-23(30)31-14-20-18-11-7-5-9-16(18)17-10-6-8-12-19(17)20/h5-12,15,20H,4,13-14H2,1-3H3,(H,25,30)(H,26,27)(H,28,29)/t15-,24?/m0/s1. The molecule has 164 valence electrons. The minimum Gasteiger partial charge on any atom is -0.480 e. The van der Waals surface area contributed by atoms with Crippen LogP contribution in [-0.2, 0) is 14.3 Å². The molecule has 0 saturated heterocycles. The average Bonchev–Trinajstić information content (AvgIpc) is 3.05. The van der Waals surface area contributed by atoms with Gasteiger partial charge in [-0.1, -0.05) is 55.5 Å². The van der Waals surface area contributed by atoms with Gasteiger partial charge in [0, 0.05) is 18.4 Å². The van der Waals surface area contributed by atoms with Crippen molar-refractivity contribution in [2.45, 2.75) is 51.1 Å². The quantitative estimate of drug-likeness (QED) is 0.600. The minimum absolute atomic E-state index is 0.0439. The van der Waals surface area contributed by atoms with Crippen LogP contribution in [0.15, 0.2) is 48.5 Å². The van der Waals surface area contributed by atoms with Crippen molar-refractivity contribution in [3.8, 4) is 11.1 Å². The van der Waals surface area contributed by atoms with Gasteiger partial charge >= 0.3 is 12.1 Å². The first-order valence-corrected chi connectivity index (χ1v) is 10.4. The maximum Gasteiger partial charge on any atom is 0.407 e. The second kappa shape index (κ2) is 9.20. The highest BCUT2D eigenvalue weighted by Crippen LogP contribution is 2.44. The van der Waals surface area contributed by atoms with Crippen LogP contribution in [0.4, 0.5) is 4.79 Å². The molecule has 0 spiro atoms. The maximum absolute atomic E-state index is 12.3. The predicted octanol–water partition coefficient (Wildman–Crippen LogP) is 3.67. The van der Waals surface area contributed by atoms with Gasteiger partial charge in [-0.2, -0.15) is 0 Å². The molecular formula is C24H28N2O5. The molecule has 0 fully saturated rings. The Hall–Kier alpha value is -3.35. The molecule has 0 heterocycles. The molecule has 31 heavy (non-hydrogen) atoms. The van der Waals surface area contributed by atoms with Gasteiger partial charge in [-0.3, -0.25) is 4.79 Å². The van der Waals surface area contributed by atoms with Crippen LogP contribution in [0, 0.1) is 0 Å². The summed E-state index contributed by atoms with van der Waals surface area (Å²) in [6.07, 6.45) is -0.409. The fourth-order valence-electron chi connectivity index (χ4n) is 3.82. The Balaban J connectivity index is 1.55. The number of alkyl carbamates (subject to hydrolysis) is 1. The van der Waals surface area contributed by atoms with Crippen molar-refractivity contribution in [1.29, 1.82) is 0 Å². The first-order valence-electron chi connectivity index (χ1n) is 10.4. The smallest absolute Gasteiger partial charge is 0.407 e. The van der Waals surface area contributed by atoms with Crippen LogP contribution < -0.4 is 10.6 Å². The van der Waals surface area contributed by atoms with Gasteiger partial charge in [-0.25, -0.2) is 9.59 Å². The first-order chi connectivity index (χ1) is 14.7. The first kappa shape index (κ1) is 22.3. The van der Waals surface area contributed by atoms with Crippen LogP contribution >= 0.6 is 0 Å². The Morgan fingerprint density at radius 1 is 1.06 bits per heavy atom. The second-order valence-electron chi connectivity index (χ2n) is 8.11. The number of amides is 2. The van der Waals surface area contributed by atoms with Crippen LogP contribution in [0.25, 0.3) is 11.1 Å². The second-order valence-corrected chi connectivity index (χ2v) is 8.11. The van der Waals surface area contributed by atoms with E-state index in [9.17, 15) is 19.5 Å². The third-order valence-electron chi connectivity index (χ3n) is 5.79. The van der Waals surface area contributed by atoms with Gasteiger partial charge in [0.2, 0.25) is 5.91 Å². The molecule has 0 saturated carbocycles. The number of carboxylic acid groups (broad SMARTS) is 1. The number of benzene rings is 2. The Kier molecular flexibility index (Phi) is 6.63. The number of hydrogen-bond acceptors (Lipinski definition) is 4. The van der Waals surface area contributed by atoms with Gasteiger partial charge in [-0.05, 0) is 42.5 Å². The van der Waals surface area contributed by atoms with Crippen LogP contribution in [-0.4, -0.2) is 41.3 Å². The topological polar surface area (TPSA) is 105 Å². The fraction of sp³-hybridized carbons (Fsp3) is 0.375. The molecule has 0 radical (unpaired) electrons. The summed E-state index contributed by atoms with van der Waals surface area (Å²) in [7, 11) is 0. The number of nitrogens with one attached hydrogen (secondary N) is 2. The van der Waals surface area contributed by atoms with Crippen LogP contribution in [0.1, 0.15) is 50.7 Å². The summed E-state index contributed by atoms with van der Waals surface area (Å²) in [4.78, 5) is 35.8. The summed E-state index contributed by atoms with van der Waals surface area (Å²) in [5, 5.41) is 14.4. The summed E-state index contributed by atoms with van der Waals surface area (Å²) < 4.78 is 5.48. The molecule has 2 aromatic carbocycles. The third kappa shape index (κ3) is 4.87. The summed E-state index contributed by atoms with van der Waals surface area (Å²) in [6, 6.07) is 15.6. The highest BCUT2D eigenvalue weighted by Gasteiger charge is 2.33. The molecule has 7 heteroatoms. The molecular weight excluding hydrogens is 396 g/mol. The lowest BCUT2D eigenvalue weighted by Gasteiger charge is -2.25. The number of aliphatic carboxylic acids is 1. The van der Waals surface area contributed by atoms with Crippen molar-refractivity contribution in [3.63, 3.8) is 0 Å². The van der Waals surface area contributed by atoms with Crippen molar-refractivity contribution in [2.24, 2.45) is 0 Å². The van der Waals surface area contributed by atoms with E-state index >= 15 is 0 Å². The van der Waals surface area contributed by atoms with E-state index in [0.29, 0.717) is 0 Å². The highest BCUT2D eigenvalue weighted by molar-refractivity contribution is 5.87. The van der Waals surface area contributed by atoms with Gasteiger partial charge in [0.15, 0.2) is 0 Å². The van der Waals surface area contributed by atoms with Crippen molar-refractivity contribution < 1.29 is 24.2 Å². The number of carbonyl (C=O) groups is 3. The Morgan fingerprint density at radius 2 is 1.61 bits per heavy atom. The Bertz CT molecular complexity index is 944. The number of carboxylic acids is 1. The molecule has 1 unspecified atom stereocenters. The lowest BCUT2D eigenvalue weighted by Crippen LogP contribution is -2.52. The number of hydrogen-bond donors (Lipinski definition) is 3. The predicted molar refractivity (Wildman–Crippen MR) is 117 cm³/mol. The van der Waals surface area contributed by atoms with Gasteiger partial charge in [0.1, 0.15) is 12.1 Å². The van der Waals surface area contributed by atoms with Gasteiger partial charge in [-0.15, -0.1) is 0 Å². The molecule has 3 N–H and O–H groups in total. The van der Waals surface area contributed by atoms with E-state index in [4.69, 9.17) is 4.74 Å². The Morgan fingerprint density at radius 3 is 2.13 bits per heavy atom. The van der Waals surface area contributed by atoms with Gasteiger partial charge in [0.25, 0.3) is 0 Å². The number of carbonyl (C=O) groups excluding carboxylic acids is 2. The van der Waals surface area contributed by atoms with E-state index in [2.05, 4.69) is 22.8 Å². The summed E-state index contributed by atoms with van der Waals surface area (Å²) in [5.74, 6) is -1.59. The SMILES string of the molecule is CCC(C)(NC(=O)C[C@H](C)NC(=O)OCC1c2ccccc2-c2ccccc21)C(=O)O.